The molecule has 0 aliphatic rings. The molecule has 0 aliphatic heterocycles. The lowest BCUT2D eigenvalue weighted by Crippen LogP contribution is -2.16. The van der Waals surface area contributed by atoms with Gasteiger partial charge in [0.2, 0.25) is 0 Å². The summed E-state index contributed by atoms with van der Waals surface area (Å²) in [5, 5.41) is 30.6. The van der Waals surface area contributed by atoms with Crippen LogP contribution in [0.1, 0.15) is 17.2 Å². The molecule has 0 unspecified atom stereocenters. The van der Waals surface area contributed by atoms with Gasteiger partial charge in [0.05, 0.1) is 12.7 Å². The predicted molar refractivity (Wildman–Crippen MR) is 52.9 cm³/mol. The Kier molecular flexibility index (Phi) is 3.88. The average Bonchev–Trinajstić information content (AvgIpc) is 2.19. The van der Waals surface area contributed by atoms with E-state index in [1.807, 2.05) is 0 Å². The average molecular weight is 197 g/mol. The highest BCUT2D eigenvalue weighted by Gasteiger charge is 2.08. The first-order valence-electron chi connectivity index (χ1n) is 4.44. The van der Waals surface area contributed by atoms with Gasteiger partial charge in [0, 0.05) is 12.1 Å². The molecule has 0 aromatic heterocycles. The zero-order valence-electron chi connectivity index (χ0n) is 8.07. The van der Waals surface area contributed by atoms with Gasteiger partial charge in [-0.05, 0) is 24.7 Å². The van der Waals surface area contributed by atoms with Crippen molar-refractivity contribution in [3.05, 3.63) is 29.3 Å². The second-order valence-corrected chi connectivity index (χ2v) is 3.12. The quantitative estimate of drug-likeness (QED) is 0.554. The third-order valence-corrected chi connectivity index (χ3v) is 2.06. The van der Waals surface area contributed by atoms with Crippen molar-refractivity contribution in [2.75, 3.05) is 13.6 Å². The molecular weight excluding hydrogens is 182 g/mol. The number of benzene rings is 1. The van der Waals surface area contributed by atoms with Crippen molar-refractivity contribution < 1.29 is 15.3 Å². The topological polar surface area (TPSA) is 72.7 Å². The van der Waals surface area contributed by atoms with Gasteiger partial charge in [0.1, 0.15) is 5.75 Å². The minimum Gasteiger partial charge on any atom is -0.508 e. The Balaban J connectivity index is 2.88. The number of aliphatic hydroxyl groups is 2. The molecule has 0 heterocycles. The van der Waals surface area contributed by atoms with E-state index in [0.29, 0.717) is 17.7 Å². The summed E-state index contributed by atoms with van der Waals surface area (Å²) in [6, 6.07) is 4.70. The highest BCUT2D eigenvalue weighted by atomic mass is 16.3. The van der Waals surface area contributed by atoms with Crippen molar-refractivity contribution in [3.63, 3.8) is 0 Å². The van der Waals surface area contributed by atoms with Gasteiger partial charge in [-0.2, -0.15) is 0 Å². The van der Waals surface area contributed by atoms with Gasteiger partial charge >= 0.3 is 0 Å². The van der Waals surface area contributed by atoms with Crippen LogP contribution in [0.15, 0.2) is 18.2 Å². The first-order chi connectivity index (χ1) is 6.69. The standard InChI is InChI=1S/C10H15NO3/c1-11-5-10(14)7-2-3-9(13)8(4-7)6-12/h2-4,10-14H,5-6H2,1H3/t10-/m1/s1. The minimum absolute atomic E-state index is 0.0490. The molecule has 4 nitrogen and oxygen atoms in total. The zero-order valence-corrected chi connectivity index (χ0v) is 8.07. The number of hydrogen-bond donors (Lipinski definition) is 4. The molecular formula is C10H15NO3. The van der Waals surface area contributed by atoms with Crippen LogP contribution < -0.4 is 5.32 Å². The van der Waals surface area contributed by atoms with E-state index in [1.165, 1.54) is 6.07 Å². The third-order valence-electron chi connectivity index (χ3n) is 2.06. The van der Waals surface area contributed by atoms with Crippen LogP contribution in [0, 0.1) is 0 Å². The zero-order chi connectivity index (χ0) is 10.6. The highest BCUT2D eigenvalue weighted by Crippen LogP contribution is 2.21. The van der Waals surface area contributed by atoms with E-state index in [2.05, 4.69) is 5.32 Å². The number of aliphatic hydroxyl groups excluding tert-OH is 2. The fraction of sp³-hybridized carbons (Fsp3) is 0.400. The van der Waals surface area contributed by atoms with Crippen LogP contribution in [-0.2, 0) is 6.61 Å². The normalized spacial score (nSPS) is 12.8. The molecule has 1 aromatic rings. The van der Waals surface area contributed by atoms with Crippen molar-refractivity contribution in [2.45, 2.75) is 12.7 Å². The number of likely N-dealkylation sites (N-methyl/N-ethyl adjacent to an activating group) is 1. The van der Waals surface area contributed by atoms with Gasteiger partial charge in [-0.3, -0.25) is 0 Å². The molecule has 0 saturated heterocycles. The van der Waals surface area contributed by atoms with E-state index in [4.69, 9.17) is 5.11 Å². The summed E-state index contributed by atoms with van der Waals surface area (Å²) in [5.74, 6) is 0.0490. The van der Waals surface area contributed by atoms with Crippen molar-refractivity contribution in [3.8, 4) is 5.75 Å². The molecule has 0 saturated carbocycles. The Morgan fingerprint density at radius 1 is 1.43 bits per heavy atom. The van der Waals surface area contributed by atoms with Gasteiger partial charge in [0.25, 0.3) is 0 Å². The minimum atomic E-state index is -0.620. The summed E-state index contributed by atoms with van der Waals surface area (Å²) in [6.07, 6.45) is -0.620. The third kappa shape index (κ3) is 2.45. The summed E-state index contributed by atoms with van der Waals surface area (Å²) in [6.45, 7) is 0.210. The Morgan fingerprint density at radius 3 is 2.71 bits per heavy atom. The fourth-order valence-corrected chi connectivity index (χ4v) is 1.25. The second kappa shape index (κ2) is 4.95. The van der Waals surface area contributed by atoms with E-state index in [0.717, 1.165) is 0 Å². The van der Waals surface area contributed by atoms with Crippen LogP contribution in [-0.4, -0.2) is 28.9 Å². The monoisotopic (exact) mass is 197 g/mol. The number of nitrogens with one attached hydrogen (secondary N) is 1. The Labute approximate surface area is 82.8 Å². The van der Waals surface area contributed by atoms with Crippen LogP contribution >= 0.6 is 0 Å². The molecule has 78 valence electrons. The summed E-state index contributed by atoms with van der Waals surface area (Å²) >= 11 is 0. The fourth-order valence-electron chi connectivity index (χ4n) is 1.25. The molecule has 0 fully saturated rings. The molecule has 14 heavy (non-hydrogen) atoms. The Hall–Kier alpha value is -1.10. The second-order valence-electron chi connectivity index (χ2n) is 3.12. The molecule has 0 spiro atoms. The molecule has 1 rings (SSSR count). The SMILES string of the molecule is CNC[C@@H](O)c1ccc(O)c(CO)c1. The van der Waals surface area contributed by atoms with Crippen molar-refractivity contribution in [1.29, 1.82) is 0 Å². The number of hydrogen-bond acceptors (Lipinski definition) is 4. The van der Waals surface area contributed by atoms with Crippen molar-refractivity contribution >= 4 is 0 Å². The van der Waals surface area contributed by atoms with E-state index in [9.17, 15) is 10.2 Å². The summed E-state index contributed by atoms with van der Waals surface area (Å²) in [7, 11) is 1.75. The lowest BCUT2D eigenvalue weighted by molar-refractivity contribution is 0.177. The maximum Gasteiger partial charge on any atom is 0.121 e. The first-order valence-corrected chi connectivity index (χ1v) is 4.44. The predicted octanol–water partition coefficient (Wildman–Crippen LogP) is 0.137. The molecule has 0 amide bonds. The molecule has 1 aromatic carbocycles. The number of phenols is 1. The van der Waals surface area contributed by atoms with E-state index in [-0.39, 0.29) is 12.4 Å². The maximum absolute atomic E-state index is 9.61. The number of rotatable bonds is 4. The highest BCUT2D eigenvalue weighted by molar-refractivity contribution is 5.36. The van der Waals surface area contributed by atoms with Gasteiger partial charge in [0.15, 0.2) is 0 Å². The van der Waals surface area contributed by atoms with E-state index in [1.54, 1.807) is 19.2 Å². The molecule has 0 aliphatic carbocycles. The van der Waals surface area contributed by atoms with E-state index < -0.39 is 6.10 Å². The summed E-state index contributed by atoms with van der Waals surface area (Å²) < 4.78 is 0. The van der Waals surface area contributed by atoms with Gasteiger partial charge in [-0.25, -0.2) is 0 Å². The summed E-state index contributed by atoms with van der Waals surface area (Å²) in [5.41, 5.74) is 1.11. The van der Waals surface area contributed by atoms with Crippen LogP contribution in [0.2, 0.25) is 0 Å². The Bertz CT molecular complexity index is 301. The smallest absolute Gasteiger partial charge is 0.121 e. The number of aromatic hydroxyl groups is 1. The molecule has 4 heteroatoms. The van der Waals surface area contributed by atoms with Crippen LogP contribution in [0.3, 0.4) is 0 Å². The van der Waals surface area contributed by atoms with Crippen LogP contribution in [0.4, 0.5) is 0 Å². The van der Waals surface area contributed by atoms with Gasteiger partial charge < -0.3 is 20.6 Å². The Morgan fingerprint density at radius 2 is 2.14 bits per heavy atom. The molecule has 0 radical (unpaired) electrons. The maximum atomic E-state index is 9.61. The molecule has 0 bridgehead atoms. The summed E-state index contributed by atoms with van der Waals surface area (Å²) in [4.78, 5) is 0. The van der Waals surface area contributed by atoms with Crippen molar-refractivity contribution in [1.82, 2.24) is 5.32 Å². The first kappa shape index (κ1) is 11.0. The van der Waals surface area contributed by atoms with Crippen LogP contribution in [0.25, 0.3) is 0 Å². The van der Waals surface area contributed by atoms with E-state index >= 15 is 0 Å². The molecule has 4 N–H and O–H groups in total. The van der Waals surface area contributed by atoms with Gasteiger partial charge in [-0.15, -0.1) is 0 Å². The van der Waals surface area contributed by atoms with Crippen molar-refractivity contribution in [2.24, 2.45) is 0 Å². The van der Waals surface area contributed by atoms with Crippen LogP contribution in [0.5, 0.6) is 5.75 Å². The lowest BCUT2D eigenvalue weighted by Gasteiger charge is -2.11. The van der Waals surface area contributed by atoms with Gasteiger partial charge in [-0.1, -0.05) is 6.07 Å². The lowest BCUT2D eigenvalue weighted by atomic mass is 10.1. The largest absolute Gasteiger partial charge is 0.508 e. The molecule has 1 atom stereocenters.